The summed E-state index contributed by atoms with van der Waals surface area (Å²) in [6, 6.07) is 7.04. The van der Waals surface area contributed by atoms with Gasteiger partial charge in [0.05, 0.1) is 17.4 Å². The average molecular weight is 343 g/mol. The topological polar surface area (TPSA) is 61.8 Å². The molecule has 0 saturated carbocycles. The highest BCUT2D eigenvalue weighted by atomic mass is 35.5. The van der Waals surface area contributed by atoms with Crippen LogP contribution in [0.25, 0.3) is 0 Å². The van der Waals surface area contributed by atoms with Crippen LogP contribution in [0.4, 0.5) is 0 Å². The predicted octanol–water partition coefficient (Wildman–Crippen LogP) is 1.71. The van der Waals surface area contributed by atoms with Gasteiger partial charge in [0, 0.05) is 17.0 Å². The first-order valence-electron chi connectivity index (χ1n) is 6.98. The molecular formula is C15H17ClNO4S-. The lowest BCUT2D eigenvalue weighted by Crippen LogP contribution is -2.38. The molecule has 1 saturated heterocycles. The molecule has 7 heteroatoms. The van der Waals surface area contributed by atoms with Crippen LogP contribution >= 0.6 is 11.6 Å². The Bertz CT molecular complexity index is 616. The fourth-order valence-corrected chi connectivity index (χ4v) is 4.13. The molecule has 0 spiro atoms. The van der Waals surface area contributed by atoms with Gasteiger partial charge in [-0.2, -0.15) is 0 Å². The summed E-state index contributed by atoms with van der Waals surface area (Å²) >= 11 is 5.89. The Balaban J connectivity index is 1.80. The summed E-state index contributed by atoms with van der Waals surface area (Å²) in [6.07, 6.45) is -0.225. The highest BCUT2D eigenvalue weighted by molar-refractivity contribution is 7.88. The summed E-state index contributed by atoms with van der Waals surface area (Å²) in [7, 11) is -1.39. The van der Waals surface area contributed by atoms with Gasteiger partial charge in [-0.25, -0.2) is 0 Å². The molecule has 0 bridgehead atoms. The van der Waals surface area contributed by atoms with E-state index in [-0.39, 0.29) is 12.0 Å². The Morgan fingerprint density at radius 2 is 2.09 bits per heavy atom. The minimum atomic E-state index is -1.39. The molecule has 2 aliphatic rings. The quantitative estimate of drug-likeness (QED) is 0.837. The van der Waals surface area contributed by atoms with Gasteiger partial charge in [-0.15, -0.1) is 0 Å². The normalized spacial score (nSPS) is 30.6. The monoisotopic (exact) mass is 342 g/mol. The minimum Gasteiger partial charge on any atom is -0.860 e. The Kier molecular flexibility index (Phi) is 4.20. The molecule has 2 heterocycles. The van der Waals surface area contributed by atoms with Crippen LogP contribution < -0.4 is 5.11 Å². The zero-order chi connectivity index (χ0) is 15.9. The van der Waals surface area contributed by atoms with Crippen molar-refractivity contribution >= 4 is 22.4 Å². The van der Waals surface area contributed by atoms with Crippen LogP contribution in [-0.4, -0.2) is 34.2 Å². The molecule has 0 aromatic heterocycles. The molecule has 1 fully saturated rings. The molecule has 1 aromatic rings. The van der Waals surface area contributed by atoms with E-state index >= 15 is 0 Å². The fraction of sp³-hybridized carbons (Fsp3) is 0.467. The van der Waals surface area contributed by atoms with Gasteiger partial charge in [-0.05, 0) is 37.4 Å². The molecular weight excluding hydrogens is 326 g/mol. The van der Waals surface area contributed by atoms with E-state index in [0.717, 1.165) is 5.56 Å². The van der Waals surface area contributed by atoms with Gasteiger partial charge < -0.3 is 19.5 Å². The van der Waals surface area contributed by atoms with E-state index in [9.17, 15) is 9.32 Å². The summed E-state index contributed by atoms with van der Waals surface area (Å²) in [5, 5.41) is 13.5. The Labute approximate surface area is 136 Å². The van der Waals surface area contributed by atoms with E-state index in [1.807, 2.05) is 13.8 Å². The third-order valence-corrected chi connectivity index (χ3v) is 5.28. The first-order valence-corrected chi connectivity index (χ1v) is 8.63. The van der Waals surface area contributed by atoms with Gasteiger partial charge in [0.15, 0.2) is 5.79 Å². The van der Waals surface area contributed by atoms with Gasteiger partial charge in [-0.1, -0.05) is 23.7 Å². The van der Waals surface area contributed by atoms with Crippen LogP contribution in [0.15, 0.2) is 35.6 Å². The number of halogens is 1. The van der Waals surface area contributed by atoms with Crippen molar-refractivity contribution in [1.82, 2.24) is 4.90 Å². The van der Waals surface area contributed by atoms with E-state index in [4.69, 9.17) is 21.1 Å². The number of nitrogens with zero attached hydrogens (tertiary/aromatic N) is 1. The van der Waals surface area contributed by atoms with Crippen molar-refractivity contribution < 1.29 is 18.8 Å². The molecule has 3 rings (SSSR count). The van der Waals surface area contributed by atoms with E-state index in [2.05, 4.69) is 0 Å². The second-order valence-corrected chi connectivity index (χ2v) is 7.57. The largest absolute Gasteiger partial charge is 0.860 e. The molecule has 0 aliphatic carbocycles. The van der Waals surface area contributed by atoms with Gasteiger partial charge in [0.25, 0.3) is 0 Å². The first-order chi connectivity index (χ1) is 10.4. The molecule has 0 amide bonds. The second-order valence-electron chi connectivity index (χ2n) is 5.79. The van der Waals surface area contributed by atoms with Gasteiger partial charge in [-0.3, -0.25) is 4.21 Å². The molecule has 5 nitrogen and oxygen atoms in total. The number of rotatable bonds is 3. The summed E-state index contributed by atoms with van der Waals surface area (Å²) < 4.78 is 23.5. The standard InChI is InChI=1S/C15H18ClNO4S/c1-15(2)20-8-12(21-15)7-17-13(18)9-22(19)14(17)10-3-5-11(16)6-4-10/h3-6,9,12,14,18H,7-8H2,1-2H3/p-1. The molecule has 3 unspecified atom stereocenters. The lowest BCUT2D eigenvalue weighted by Gasteiger charge is -2.33. The zero-order valence-corrected chi connectivity index (χ0v) is 13.9. The molecule has 22 heavy (non-hydrogen) atoms. The van der Waals surface area contributed by atoms with E-state index < -0.39 is 22.0 Å². The Morgan fingerprint density at radius 3 is 2.68 bits per heavy atom. The van der Waals surface area contributed by atoms with Gasteiger partial charge in [0.1, 0.15) is 11.5 Å². The van der Waals surface area contributed by atoms with E-state index in [1.54, 1.807) is 29.2 Å². The van der Waals surface area contributed by atoms with Crippen molar-refractivity contribution in [3.8, 4) is 0 Å². The van der Waals surface area contributed by atoms with Crippen LogP contribution in [0.1, 0.15) is 24.8 Å². The molecule has 2 aliphatic heterocycles. The molecule has 0 N–H and O–H groups in total. The maximum absolute atomic E-state index is 12.3. The van der Waals surface area contributed by atoms with E-state index in [1.165, 1.54) is 5.41 Å². The lowest BCUT2D eigenvalue weighted by atomic mass is 10.2. The second kappa shape index (κ2) is 5.85. The summed E-state index contributed by atoms with van der Waals surface area (Å²) in [5.41, 5.74) is 0.794. The molecule has 1 aromatic carbocycles. The lowest BCUT2D eigenvalue weighted by molar-refractivity contribution is -0.333. The Morgan fingerprint density at radius 1 is 1.41 bits per heavy atom. The summed E-state index contributed by atoms with van der Waals surface area (Å²) in [4.78, 5) is 1.58. The SMILES string of the molecule is CC1(C)OCC(CN2C([O-])=CS(=O)C2c2ccc(Cl)cc2)O1. The highest BCUT2D eigenvalue weighted by Gasteiger charge is 2.37. The number of hydrogen-bond donors (Lipinski definition) is 0. The molecule has 3 atom stereocenters. The average Bonchev–Trinajstić information content (AvgIpc) is 2.92. The van der Waals surface area contributed by atoms with Crippen molar-refractivity contribution in [3.63, 3.8) is 0 Å². The van der Waals surface area contributed by atoms with Crippen molar-refractivity contribution in [1.29, 1.82) is 0 Å². The minimum absolute atomic E-state index is 0.225. The van der Waals surface area contributed by atoms with Crippen LogP contribution in [0.3, 0.4) is 0 Å². The molecule has 120 valence electrons. The van der Waals surface area contributed by atoms with Crippen LogP contribution in [0.2, 0.25) is 5.02 Å². The van der Waals surface area contributed by atoms with Crippen LogP contribution in [-0.2, 0) is 20.3 Å². The summed E-state index contributed by atoms with van der Waals surface area (Å²) in [5.74, 6) is -0.891. The zero-order valence-electron chi connectivity index (χ0n) is 12.3. The highest BCUT2D eigenvalue weighted by Crippen LogP contribution is 2.35. The third kappa shape index (κ3) is 3.15. The van der Waals surface area contributed by atoms with Crippen molar-refractivity contribution in [2.24, 2.45) is 0 Å². The van der Waals surface area contributed by atoms with Crippen LogP contribution in [0, 0.1) is 0 Å². The van der Waals surface area contributed by atoms with Gasteiger partial charge >= 0.3 is 0 Å². The maximum Gasteiger partial charge on any atom is 0.163 e. The molecule has 0 radical (unpaired) electrons. The summed E-state index contributed by atoms with van der Waals surface area (Å²) in [6.45, 7) is 4.42. The van der Waals surface area contributed by atoms with Crippen LogP contribution in [0.5, 0.6) is 0 Å². The first kappa shape index (κ1) is 15.8. The smallest absolute Gasteiger partial charge is 0.163 e. The van der Waals surface area contributed by atoms with E-state index in [0.29, 0.717) is 18.2 Å². The maximum atomic E-state index is 12.3. The number of ether oxygens (including phenoxy) is 2. The third-order valence-electron chi connectivity index (χ3n) is 3.63. The number of benzene rings is 1. The Hall–Kier alpha value is -1.08. The number of hydrogen-bond acceptors (Lipinski definition) is 5. The fourth-order valence-electron chi connectivity index (χ4n) is 2.67. The van der Waals surface area contributed by atoms with Crippen molar-refractivity contribution in [2.45, 2.75) is 31.1 Å². The van der Waals surface area contributed by atoms with Gasteiger partial charge in [0.2, 0.25) is 0 Å². The predicted molar refractivity (Wildman–Crippen MR) is 82.0 cm³/mol. The van der Waals surface area contributed by atoms with Crippen molar-refractivity contribution in [3.05, 3.63) is 46.1 Å². The van der Waals surface area contributed by atoms with Crippen molar-refractivity contribution in [2.75, 3.05) is 13.2 Å².